The zero-order chi connectivity index (χ0) is 21.5. The SMILES string of the molecule is CCCN1CCCc2cc(CN(CCOC)C(=S)Nc3c(C)cccc3C)ccc21. The fourth-order valence-electron chi connectivity index (χ4n) is 4.20. The lowest BCUT2D eigenvalue weighted by Gasteiger charge is -2.32. The van der Waals surface area contributed by atoms with Crippen LogP contribution in [0.5, 0.6) is 0 Å². The molecule has 1 N–H and O–H groups in total. The first-order chi connectivity index (χ1) is 14.5. The maximum atomic E-state index is 5.81. The van der Waals surface area contributed by atoms with Gasteiger partial charge in [-0.25, -0.2) is 0 Å². The van der Waals surface area contributed by atoms with Crippen molar-refractivity contribution in [3.63, 3.8) is 0 Å². The van der Waals surface area contributed by atoms with E-state index in [2.05, 4.69) is 72.3 Å². The van der Waals surface area contributed by atoms with Gasteiger partial charge in [-0.15, -0.1) is 0 Å². The molecule has 2 aromatic rings. The van der Waals surface area contributed by atoms with Crippen LogP contribution < -0.4 is 10.2 Å². The number of nitrogens with one attached hydrogen (secondary N) is 1. The summed E-state index contributed by atoms with van der Waals surface area (Å²) in [7, 11) is 1.74. The predicted octanol–water partition coefficient (Wildman–Crippen LogP) is 5.31. The third-order valence-corrected chi connectivity index (χ3v) is 6.15. The second kappa shape index (κ2) is 10.8. The monoisotopic (exact) mass is 425 g/mol. The Balaban J connectivity index is 1.77. The van der Waals surface area contributed by atoms with Crippen LogP contribution in [0.15, 0.2) is 36.4 Å². The average Bonchev–Trinajstić information content (AvgIpc) is 2.74. The van der Waals surface area contributed by atoms with E-state index < -0.39 is 0 Å². The molecule has 2 aromatic carbocycles. The van der Waals surface area contributed by atoms with Crippen molar-refractivity contribution in [2.75, 3.05) is 43.6 Å². The molecular weight excluding hydrogens is 390 g/mol. The topological polar surface area (TPSA) is 27.7 Å². The molecule has 162 valence electrons. The van der Waals surface area contributed by atoms with Gasteiger partial charge in [0.15, 0.2) is 5.11 Å². The minimum Gasteiger partial charge on any atom is -0.383 e. The van der Waals surface area contributed by atoms with Crippen molar-refractivity contribution in [2.24, 2.45) is 0 Å². The van der Waals surface area contributed by atoms with Gasteiger partial charge < -0.3 is 19.9 Å². The molecule has 4 nitrogen and oxygen atoms in total. The predicted molar refractivity (Wildman–Crippen MR) is 132 cm³/mol. The van der Waals surface area contributed by atoms with E-state index in [0.717, 1.165) is 36.9 Å². The summed E-state index contributed by atoms with van der Waals surface area (Å²) in [6.45, 7) is 11.0. The van der Waals surface area contributed by atoms with Crippen molar-refractivity contribution in [3.05, 3.63) is 58.7 Å². The highest BCUT2D eigenvalue weighted by atomic mass is 32.1. The second-order valence-corrected chi connectivity index (χ2v) is 8.55. The summed E-state index contributed by atoms with van der Waals surface area (Å²) in [5.41, 5.74) is 7.68. The number of nitrogens with zero attached hydrogens (tertiary/aromatic N) is 2. The van der Waals surface area contributed by atoms with Crippen LogP contribution in [0.3, 0.4) is 0 Å². The van der Waals surface area contributed by atoms with Crippen molar-refractivity contribution in [3.8, 4) is 0 Å². The highest BCUT2D eigenvalue weighted by molar-refractivity contribution is 7.80. The van der Waals surface area contributed by atoms with Gasteiger partial charge in [0.1, 0.15) is 0 Å². The average molecular weight is 426 g/mol. The summed E-state index contributed by atoms with van der Waals surface area (Å²) >= 11 is 5.81. The summed E-state index contributed by atoms with van der Waals surface area (Å²) < 4.78 is 5.35. The lowest BCUT2D eigenvalue weighted by Crippen LogP contribution is -2.37. The van der Waals surface area contributed by atoms with Gasteiger partial charge in [-0.3, -0.25) is 0 Å². The number of hydrogen-bond donors (Lipinski definition) is 1. The zero-order valence-corrected chi connectivity index (χ0v) is 19.6. The Morgan fingerprint density at radius 1 is 1.20 bits per heavy atom. The summed E-state index contributed by atoms with van der Waals surface area (Å²) in [6, 6.07) is 13.2. The molecule has 0 radical (unpaired) electrons. The molecule has 30 heavy (non-hydrogen) atoms. The molecule has 0 spiro atoms. The number of hydrogen-bond acceptors (Lipinski definition) is 3. The van der Waals surface area contributed by atoms with Crippen LogP contribution in [-0.4, -0.2) is 43.4 Å². The fourth-order valence-corrected chi connectivity index (χ4v) is 4.46. The van der Waals surface area contributed by atoms with Gasteiger partial charge in [0, 0.05) is 44.7 Å². The molecule has 1 heterocycles. The number of rotatable bonds is 8. The van der Waals surface area contributed by atoms with Gasteiger partial charge in [-0.1, -0.05) is 37.3 Å². The molecule has 0 unspecified atom stereocenters. The molecule has 0 aromatic heterocycles. The number of ether oxygens (including phenoxy) is 1. The number of thiocarbonyl (C=S) groups is 1. The standard InChI is InChI=1S/C25H35N3OS/c1-5-13-27-14-7-10-22-17-21(11-12-23(22)27)18-28(15-16-29-4)25(30)26-24-19(2)8-6-9-20(24)3/h6,8-9,11-12,17H,5,7,10,13-16,18H2,1-4H3,(H,26,30). The molecule has 0 atom stereocenters. The lowest BCUT2D eigenvalue weighted by atomic mass is 9.99. The number of methoxy groups -OCH3 is 1. The van der Waals surface area contributed by atoms with Crippen molar-refractivity contribution < 1.29 is 4.74 Å². The first-order valence-electron chi connectivity index (χ1n) is 11.0. The van der Waals surface area contributed by atoms with E-state index in [4.69, 9.17) is 17.0 Å². The summed E-state index contributed by atoms with van der Waals surface area (Å²) in [4.78, 5) is 4.73. The van der Waals surface area contributed by atoms with Crippen LogP contribution in [0, 0.1) is 13.8 Å². The number of anilines is 2. The Kier molecular flexibility index (Phi) is 8.11. The Bertz CT molecular complexity index is 847. The quantitative estimate of drug-likeness (QED) is 0.579. The van der Waals surface area contributed by atoms with Crippen molar-refractivity contribution >= 4 is 28.7 Å². The Labute approximate surface area is 187 Å². The van der Waals surface area contributed by atoms with Crippen LogP contribution in [0.2, 0.25) is 0 Å². The molecule has 1 aliphatic heterocycles. The van der Waals surface area contributed by atoms with Crippen LogP contribution in [0.25, 0.3) is 0 Å². The second-order valence-electron chi connectivity index (χ2n) is 8.16. The van der Waals surface area contributed by atoms with Crippen LogP contribution >= 0.6 is 12.2 Å². The first-order valence-corrected chi connectivity index (χ1v) is 11.4. The molecule has 1 aliphatic rings. The highest BCUT2D eigenvalue weighted by Crippen LogP contribution is 2.29. The molecule has 3 rings (SSSR count). The van der Waals surface area contributed by atoms with Gasteiger partial charge >= 0.3 is 0 Å². The summed E-state index contributed by atoms with van der Waals surface area (Å²) in [6.07, 6.45) is 3.58. The van der Waals surface area contributed by atoms with E-state index in [1.807, 2.05) is 0 Å². The van der Waals surface area contributed by atoms with Crippen LogP contribution in [-0.2, 0) is 17.7 Å². The van der Waals surface area contributed by atoms with Crippen LogP contribution in [0.4, 0.5) is 11.4 Å². The van der Waals surface area contributed by atoms with Gasteiger partial charge in [0.2, 0.25) is 0 Å². The van der Waals surface area contributed by atoms with Gasteiger partial charge in [-0.2, -0.15) is 0 Å². The molecule has 0 saturated heterocycles. The van der Waals surface area contributed by atoms with Gasteiger partial charge in [-0.05, 0) is 73.6 Å². The van der Waals surface area contributed by atoms with Crippen LogP contribution in [0.1, 0.15) is 42.0 Å². The van der Waals surface area contributed by atoms with E-state index in [0.29, 0.717) is 6.61 Å². The smallest absolute Gasteiger partial charge is 0.173 e. The molecule has 0 bridgehead atoms. The van der Waals surface area contributed by atoms with Gasteiger partial charge in [0.25, 0.3) is 0 Å². The first kappa shape index (κ1) is 22.6. The van der Waals surface area contributed by atoms with Gasteiger partial charge in [0.05, 0.1) is 6.61 Å². The van der Waals surface area contributed by atoms with Crippen molar-refractivity contribution in [1.82, 2.24) is 4.90 Å². The fraction of sp³-hybridized carbons (Fsp3) is 0.480. The van der Waals surface area contributed by atoms with E-state index in [9.17, 15) is 0 Å². The summed E-state index contributed by atoms with van der Waals surface area (Å²) in [5.74, 6) is 0. The Hall–Kier alpha value is -2.11. The molecule has 5 heteroatoms. The van der Waals surface area contributed by atoms with E-state index >= 15 is 0 Å². The number of aryl methyl sites for hydroxylation is 3. The third kappa shape index (κ3) is 5.52. The number of benzene rings is 2. The largest absolute Gasteiger partial charge is 0.383 e. The maximum Gasteiger partial charge on any atom is 0.173 e. The highest BCUT2D eigenvalue weighted by Gasteiger charge is 2.18. The molecule has 0 saturated carbocycles. The Morgan fingerprint density at radius 3 is 2.67 bits per heavy atom. The van der Waals surface area contributed by atoms with Crippen molar-refractivity contribution in [2.45, 2.75) is 46.6 Å². The number of fused-ring (bicyclic) bond motifs is 1. The molecule has 0 amide bonds. The zero-order valence-electron chi connectivity index (χ0n) is 18.8. The van der Waals surface area contributed by atoms with E-state index in [-0.39, 0.29) is 0 Å². The summed E-state index contributed by atoms with van der Waals surface area (Å²) in [5, 5.41) is 4.23. The minimum atomic E-state index is 0.643. The maximum absolute atomic E-state index is 5.81. The normalized spacial score (nSPS) is 13.1. The Morgan fingerprint density at radius 2 is 1.97 bits per heavy atom. The van der Waals surface area contributed by atoms with E-state index in [1.54, 1.807) is 7.11 Å². The molecular formula is C25H35N3OS. The molecule has 0 aliphatic carbocycles. The minimum absolute atomic E-state index is 0.643. The third-order valence-electron chi connectivity index (χ3n) is 5.79. The number of para-hydroxylation sites is 1. The lowest BCUT2D eigenvalue weighted by molar-refractivity contribution is 0.175. The van der Waals surface area contributed by atoms with E-state index in [1.165, 1.54) is 47.3 Å². The van der Waals surface area contributed by atoms with Crippen molar-refractivity contribution in [1.29, 1.82) is 0 Å². The molecule has 0 fully saturated rings.